The third kappa shape index (κ3) is 5.48. The molecule has 1 heterocycles. The zero-order valence-corrected chi connectivity index (χ0v) is 19.2. The standard InChI is InChI=1S/C20H28FN3O3S2/c1-11(2)13-7-8-15(21)18(12(3)4)14(13)9-16(25)24-29(22,27)17-10-23-19(28-17)20(5,6)26/h7-8,10-12,26H,9H2,1-6H3,(H2,22,24,25,27)/t29-/m0/s1. The number of hydrogen-bond acceptors (Lipinski definition) is 5. The van der Waals surface area contributed by atoms with Crippen molar-refractivity contribution in [3.05, 3.63) is 45.8 Å². The van der Waals surface area contributed by atoms with Crippen LogP contribution in [0.1, 0.15) is 75.1 Å². The maximum atomic E-state index is 14.5. The average molecular weight is 442 g/mol. The molecule has 160 valence electrons. The van der Waals surface area contributed by atoms with E-state index in [4.69, 9.17) is 5.14 Å². The van der Waals surface area contributed by atoms with E-state index in [1.165, 1.54) is 12.3 Å². The van der Waals surface area contributed by atoms with E-state index in [1.807, 2.05) is 27.7 Å². The fourth-order valence-electron chi connectivity index (χ4n) is 3.07. The van der Waals surface area contributed by atoms with Crippen LogP contribution in [0.2, 0.25) is 0 Å². The van der Waals surface area contributed by atoms with Crippen molar-refractivity contribution in [2.45, 2.75) is 69.6 Å². The van der Waals surface area contributed by atoms with E-state index in [-0.39, 0.29) is 28.3 Å². The molecule has 0 aliphatic heterocycles. The number of nitrogens with zero attached hydrogens (tertiary/aromatic N) is 2. The Bertz CT molecular complexity index is 1030. The van der Waals surface area contributed by atoms with E-state index < -0.39 is 21.4 Å². The number of carbonyl (C=O) groups excluding carboxylic acids is 1. The molecule has 0 aliphatic rings. The Morgan fingerprint density at radius 2 is 1.93 bits per heavy atom. The number of aliphatic hydroxyl groups is 1. The first-order valence-electron chi connectivity index (χ1n) is 9.31. The highest BCUT2D eigenvalue weighted by Crippen LogP contribution is 2.31. The van der Waals surface area contributed by atoms with E-state index in [2.05, 4.69) is 9.35 Å². The molecule has 0 fully saturated rings. The number of nitrogens with two attached hydrogens (primary N) is 1. The van der Waals surface area contributed by atoms with Gasteiger partial charge in [-0.05, 0) is 48.4 Å². The largest absolute Gasteiger partial charge is 0.383 e. The Morgan fingerprint density at radius 3 is 2.41 bits per heavy atom. The molecule has 0 aliphatic carbocycles. The lowest BCUT2D eigenvalue weighted by molar-refractivity contribution is -0.117. The van der Waals surface area contributed by atoms with Crippen LogP contribution in [0.3, 0.4) is 0 Å². The second-order valence-electron chi connectivity index (χ2n) is 8.11. The monoisotopic (exact) mass is 441 g/mol. The van der Waals surface area contributed by atoms with Crippen molar-refractivity contribution in [2.24, 2.45) is 9.50 Å². The molecule has 2 aromatic rings. The molecule has 2 rings (SSSR count). The molecule has 1 aromatic heterocycles. The summed E-state index contributed by atoms with van der Waals surface area (Å²) in [5.74, 6) is -1.12. The Hall–Kier alpha value is -1.68. The number of amides is 1. The van der Waals surface area contributed by atoms with Crippen molar-refractivity contribution >= 4 is 27.2 Å². The fraction of sp³-hybridized carbons (Fsp3) is 0.500. The third-order valence-electron chi connectivity index (χ3n) is 4.40. The number of hydrogen-bond donors (Lipinski definition) is 2. The highest BCUT2D eigenvalue weighted by Gasteiger charge is 2.24. The molecule has 1 aromatic carbocycles. The van der Waals surface area contributed by atoms with Crippen molar-refractivity contribution in [3.63, 3.8) is 0 Å². The molecule has 29 heavy (non-hydrogen) atoms. The Labute approximate surface area is 175 Å². The predicted octanol–water partition coefficient (Wildman–Crippen LogP) is 4.23. The molecule has 0 spiro atoms. The first-order chi connectivity index (χ1) is 13.2. The summed E-state index contributed by atoms with van der Waals surface area (Å²) >= 11 is 0.946. The lowest BCUT2D eigenvalue weighted by Crippen LogP contribution is -2.16. The Kier molecular flexibility index (Phi) is 6.99. The number of halogens is 1. The quantitative estimate of drug-likeness (QED) is 0.700. The molecule has 0 radical (unpaired) electrons. The molecular formula is C20H28FN3O3S2. The molecule has 0 unspecified atom stereocenters. The molecule has 9 heteroatoms. The lowest BCUT2D eigenvalue weighted by Gasteiger charge is -2.19. The summed E-state index contributed by atoms with van der Waals surface area (Å²) in [6.07, 6.45) is 1.07. The van der Waals surface area contributed by atoms with E-state index in [1.54, 1.807) is 19.9 Å². The number of benzene rings is 1. The topological polar surface area (TPSA) is 106 Å². The van der Waals surface area contributed by atoms with Crippen molar-refractivity contribution in [2.75, 3.05) is 0 Å². The maximum Gasteiger partial charge on any atom is 0.259 e. The predicted molar refractivity (Wildman–Crippen MR) is 114 cm³/mol. The summed E-state index contributed by atoms with van der Waals surface area (Å²) in [5, 5.41) is 16.2. The molecule has 0 bridgehead atoms. The number of rotatable bonds is 6. The van der Waals surface area contributed by atoms with Gasteiger partial charge in [0, 0.05) is 0 Å². The van der Waals surface area contributed by atoms with Gasteiger partial charge in [0.25, 0.3) is 5.91 Å². The molecule has 3 N–H and O–H groups in total. The molecule has 0 saturated carbocycles. The van der Waals surface area contributed by atoms with Crippen molar-refractivity contribution in [3.8, 4) is 0 Å². The molecule has 1 atom stereocenters. The van der Waals surface area contributed by atoms with Gasteiger partial charge in [-0.2, -0.15) is 0 Å². The minimum Gasteiger partial charge on any atom is -0.383 e. The Morgan fingerprint density at radius 1 is 1.31 bits per heavy atom. The molecule has 6 nitrogen and oxygen atoms in total. The van der Waals surface area contributed by atoms with Gasteiger partial charge in [0.1, 0.15) is 20.6 Å². The van der Waals surface area contributed by atoms with Crippen molar-refractivity contribution in [1.82, 2.24) is 4.98 Å². The van der Waals surface area contributed by atoms with Gasteiger partial charge in [-0.15, -0.1) is 15.7 Å². The van der Waals surface area contributed by atoms with Gasteiger partial charge in [0.2, 0.25) is 0 Å². The maximum absolute atomic E-state index is 14.5. The summed E-state index contributed by atoms with van der Waals surface area (Å²) in [6.45, 7) is 10.7. The number of aromatic nitrogens is 1. The van der Waals surface area contributed by atoms with Gasteiger partial charge in [-0.1, -0.05) is 33.8 Å². The van der Waals surface area contributed by atoms with Gasteiger partial charge >= 0.3 is 0 Å². The van der Waals surface area contributed by atoms with E-state index in [9.17, 15) is 18.5 Å². The van der Waals surface area contributed by atoms with Crippen LogP contribution in [0, 0.1) is 5.82 Å². The first kappa shape index (κ1) is 23.6. The lowest BCUT2D eigenvalue weighted by atomic mass is 9.86. The van der Waals surface area contributed by atoms with Crippen LogP contribution in [0.5, 0.6) is 0 Å². The first-order valence-corrected chi connectivity index (χ1v) is 11.7. The smallest absolute Gasteiger partial charge is 0.259 e. The van der Waals surface area contributed by atoms with E-state index in [0.29, 0.717) is 16.1 Å². The van der Waals surface area contributed by atoms with Gasteiger partial charge in [0.05, 0.1) is 12.6 Å². The van der Waals surface area contributed by atoms with Crippen LogP contribution in [0.25, 0.3) is 0 Å². The summed E-state index contributed by atoms with van der Waals surface area (Å²) in [6, 6.07) is 3.09. The zero-order chi connectivity index (χ0) is 22.1. The second-order valence-corrected chi connectivity index (χ2v) is 11.2. The summed E-state index contributed by atoms with van der Waals surface area (Å²) in [7, 11) is -3.52. The van der Waals surface area contributed by atoms with E-state index in [0.717, 1.165) is 16.9 Å². The number of thiazole rings is 1. The third-order valence-corrected chi connectivity index (χ3v) is 7.63. The minimum atomic E-state index is -3.52. The average Bonchev–Trinajstić information content (AvgIpc) is 3.04. The van der Waals surface area contributed by atoms with E-state index >= 15 is 0 Å². The fourth-order valence-corrected chi connectivity index (χ4v) is 5.21. The zero-order valence-electron chi connectivity index (χ0n) is 17.5. The minimum absolute atomic E-state index is 0.0778. The number of carbonyl (C=O) groups is 1. The van der Waals surface area contributed by atoms with Crippen LogP contribution < -0.4 is 5.14 Å². The van der Waals surface area contributed by atoms with Gasteiger partial charge < -0.3 is 5.11 Å². The van der Waals surface area contributed by atoms with Crippen LogP contribution in [0.4, 0.5) is 4.39 Å². The molecule has 0 saturated heterocycles. The van der Waals surface area contributed by atoms with Crippen LogP contribution in [-0.4, -0.2) is 20.2 Å². The van der Waals surface area contributed by atoms with Crippen molar-refractivity contribution in [1.29, 1.82) is 0 Å². The molecular weight excluding hydrogens is 413 g/mol. The molecule has 1 amide bonds. The van der Waals surface area contributed by atoms with Gasteiger partial charge in [-0.25, -0.2) is 18.7 Å². The van der Waals surface area contributed by atoms with Crippen molar-refractivity contribution < 1.29 is 18.5 Å². The highest BCUT2D eigenvalue weighted by molar-refractivity contribution is 7.93. The van der Waals surface area contributed by atoms with Crippen LogP contribution in [0.15, 0.2) is 26.9 Å². The summed E-state index contributed by atoms with van der Waals surface area (Å²) in [5.41, 5.74) is 0.664. The second kappa shape index (κ2) is 8.59. The highest BCUT2D eigenvalue weighted by atomic mass is 32.2. The Balaban J connectivity index is 2.46. The van der Waals surface area contributed by atoms with Crippen LogP contribution in [-0.2, 0) is 26.7 Å². The summed E-state index contributed by atoms with van der Waals surface area (Å²) < 4.78 is 31.1. The van der Waals surface area contributed by atoms with Gasteiger partial charge in [0.15, 0.2) is 9.92 Å². The van der Waals surface area contributed by atoms with Gasteiger partial charge in [-0.3, -0.25) is 4.79 Å². The van der Waals surface area contributed by atoms with Crippen LogP contribution >= 0.6 is 11.3 Å². The summed E-state index contributed by atoms with van der Waals surface area (Å²) in [4.78, 5) is 16.7. The normalized spacial score (nSPS) is 14.3. The SMILES string of the molecule is CC(C)c1ccc(F)c(C(C)C)c1CC(=O)N=[S@](N)(=O)c1cnc(C(C)(C)O)s1.